The topological polar surface area (TPSA) is 123 Å². The first-order valence-corrected chi connectivity index (χ1v) is 16.5. The summed E-state index contributed by atoms with van der Waals surface area (Å²) >= 11 is 12.7. The largest absolute Gasteiger partial charge is 0.508 e. The summed E-state index contributed by atoms with van der Waals surface area (Å²) in [6.07, 6.45) is 6.13. The molecule has 0 spiro atoms. The van der Waals surface area contributed by atoms with Crippen molar-refractivity contribution >= 4 is 45.7 Å². The smallest absolute Gasteiger partial charge is 0.318 e. The van der Waals surface area contributed by atoms with Crippen molar-refractivity contribution in [2.75, 3.05) is 44.0 Å². The number of pyridine rings is 2. The zero-order chi connectivity index (χ0) is 33.0. The zero-order valence-corrected chi connectivity index (χ0v) is 27.5. The van der Waals surface area contributed by atoms with E-state index in [9.17, 15) is 9.50 Å². The summed E-state index contributed by atoms with van der Waals surface area (Å²) < 4.78 is 40.4. The van der Waals surface area contributed by atoms with Gasteiger partial charge in [0.25, 0.3) is 0 Å². The van der Waals surface area contributed by atoms with Crippen LogP contribution in [0.1, 0.15) is 62.1 Å². The van der Waals surface area contributed by atoms with E-state index in [1.165, 1.54) is 38.3 Å². The quantitative estimate of drug-likeness (QED) is 0.230. The number of phenolic OH excluding ortho intramolecular Hbond substituents is 1. The van der Waals surface area contributed by atoms with Gasteiger partial charge in [-0.1, -0.05) is 23.2 Å². The predicted octanol–water partition coefficient (Wildman–Crippen LogP) is 6.86. The molecule has 1 aliphatic carbocycles. The monoisotopic (exact) mass is 685 g/mol. The number of phenols is 1. The highest BCUT2D eigenvalue weighted by Gasteiger charge is 2.36. The maximum Gasteiger partial charge on any atom is 0.318 e. The normalized spacial score (nSPS) is 21.1. The lowest BCUT2D eigenvalue weighted by Gasteiger charge is -2.30. The molecule has 14 heteroatoms. The van der Waals surface area contributed by atoms with E-state index < -0.39 is 12.0 Å². The van der Waals surface area contributed by atoms with E-state index in [0.29, 0.717) is 57.3 Å². The van der Waals surface area contributed by atoms with Gasteiger partial charge >= 0.3 is 6.01 Å². The van der Waals surface area contributed by atoms with Crippen molar-refractivity contribution in [1.82, 2.24) is 24.8 Å². The number of hydrogen-bond acceptors (Lipinski definition) is 10. The minimum atomic E-state index is -0.698. The van der Waals surface area contributed by atoms with Crippen LogP contribution < -0.4 is 20.1 Å². The van der Waals surface area contributed by atoms with Gasteiger partial charge in [0.15, 0.2) is 5.82 Å². The number of aromatic nitrogens is 4. The number of nitrogen functional groups attached to an aromatic ring is 1. The van der Waals surface area contributed by atoms with Crippen molar-refractivity contribution in [3.05, 3.63) is 51.4 Å². The Morgan fingerprint density at radius 2 is 1.94 bits per heavy atom. The van der Waals surface area contributed by atoms with Crippen molar-refractivity contribution in [1.29, 1.82) is 0 Å². The lowest BCUT2D eigenvalue weighted by molar-refractivity contribution is 0.292. The fourth-order valence-electron chi connectivity index (χ4n) is 6.99. The van der Waals surface area contributed by atoms with Crippen molar-refractivity contribution in [2.45, 2.75) is 63.2 Å². The van der Waals surface area contributed by atoms with Gasteiger partial charge in [0.05, 0.1) is 24.7 Å². The molecule has 3 N–H and O–H groups in total. The first kappa shape index (κ1) is 31.8. The van der Waals surface area contributed by atoms with Gasteiger partial charge in [0, 0.05) is 34.9 Å². The lowest BCUT2D eigenvalue weighted by Crippen LogP contribution is -2.31. The molecule has 8 rings (SSSR count). The lowest BCUT2D eigenvalue weighted by atomic mass is 9.98. The fourth-order valence-corrected chi connectivity index (χ4v) is 7.52. The third-order valence-corrected chi connectivity index (χ3v) is 9.91. The number of hydrogen-bond donors (Lipinski definition) is 2. The number of methoxy groups -OCH3 is 1. The highest BCUT2D eigenvalue weighted by atomic mass is 35.5. The highest BCUT2D eigenvalue weighted by Crippen LogP contribution is 2.50. The van der Waals surface area contributed by atoms with Crippen LogP contribution in [-0.2, 0) is 0 Å². The second kappa shape index (κ2) is 12.7. The van der Waals surface area contributed by atoms with Gasteiger partial charge in [-0.15, -0.1) is 0 Å². The third-order valence-electron chi connectivity index (χ3n) is 9.39. The minimum absolute atomic E-state index is 0.0105. The molecule has 1 aromatic carbocycles. The summed E-state index contributed by atoms with van der Waals surface area (Å²) in [5.41, 5.74) is 7.97. The van der Waals surface area contributed by atoms with Crippen LogP contribution in [0.25, 0.3) is 22.2 Å². The third kappa shape index (κ3) is 6.07. The van der Waals surface area contributed by atoms with Gasteiger partial charge in [0.2, 0.25) is 5.88 Å². The maximum absolute atomic E-state index is 16.4. The summed E-state index contributed by atoms with van der Waals surface area (Å²) in [6, 6.07) is 4.91. The van der Waals surface area contributed by atoms with Crippen LogP contribution in [0.15, 0.2) is 24.4 Å². The average Bonchev–Trinajstić information content (AvgIpc) is 3.73. The molecule has 0 radical (unpaired) electrons. The Kier molecular flexibility index (Phi) is 8.60. The second-order valence-corrected chi connectivity index (χ2v) is 13.3. The van der Waals surface area contributed by atoms with Crippen LogP contribution in [0.5, 0.6) is 17.6 Å². The molecule has 248 valence electrons. The second-order valence-electron chi connectivity index (χ2n) is 12.5. The molecule has 3 aromatic heterocycles. The van der Waals surface area contributed by atoms with E-state index in [4.69, 9.17) is 38.4 Å². The van der Waals surface area contributed by atoms with E-state index in [0.717, 1.165) is 31.4 Å². The van der Waals surface area contributed by atoms with Gasteiger partial charge in [0.1, 0.15) is 46.8 Å². The summed E-state index contributed by atoms with van der Waals surface area (Å²) in [7, 11) is 1.41. The van der Waals surface area contributed by atoms with E-state index in [2.05, 4.69) is 24.8 Å². The SMILES string of the molecule is COc1nc2c3c(nc(-c4cc(O)cc(Cl)c4C4CC4)c(F)c3n1)OCCN2C(C)c1cc(Cl)cnc1N.FC1CC2CCCN2C1. The number of fused-ring (bicyclic) bond motifs is 1. The number of anilines is 2. The summed E-state index contributed by atoms with van der Waals surface area (Å²) in [4.78, 5) is 21.9. The van der Waals surface area contributed by atoms with E-state index in [1.54, 1.807) is 6.07 Å². The molecule has 0 bridgehead atoms. The molecular weight excluding hydrogens is 651 g/mol. The van der Waals surface area contributed by atoms with Crippen LogP contribution >= 0.6 is 23.2 Å². The molecule has 4 aliphatic rings. The molecule has 0 amide bonds. The molecule has 3 atom stereocenters. The molecular formula is C33H35Cl2F2N7O3. The van der Waals surface area contributed by atoms with E-state index >= 15 is 4.39 Å². The molecule has 1 saturated carbocycles. The molecule has 4 aromatic rings. The van der Waals surface area contributed by atoms with E-state index in [-0.39, 0.29) is 47.4 Å². The Labute approximate surface area is 280 Å². The Balaban J connectivity index is 0.000000334. The van der Waals surface area contributed by atoms with Crippen molar-refractivity contribution in [3.8, 4) is 28.9 Å². The van der Waals surface area contributed by atoms with Crippen LogP contribution in [0.4, 0.5) is 20.4 Å². The Morgan fingerprint density at radius 3 is 2.68 bits per heavy atom. The van der Waals surface area contributed by atoms with Crippen LogP contribution in [-0.4, -0.2) is 75.5 Å². The number of benzene rings is 1. The van der Waals surface area contributed by atoms with E-state index in [1.807, 2.05) is 11.8 Å². The molecule has 10 nitrogen and oxygen atoms in total. The average molecular weight is 687 g/mol. The zero-order valence-electron chi connectivity index (χ0n) is 26.0. The van der Waals surface area contributed by atoms with Crippen molar-refractivity contribution in [3.63, 3.8) is 0 Å². The van der Waals surface area contributed by atoms with Crippen LogP contribution in [0.3, 0.4) is 0 Å². The predicted molar refractivity (Wildman–Crippen MR) is 177 cm³/mol. The standard InChI is InChI=1S/C26H23Cl2FN6O3.C7H12FN/c1-11(15-7-13(27)10-31-23(15)30)35-5-6-38-25-19-22(33-26(37-2)34-24(19)35)20(29)21(32-25)16-8-14(36)9-17(28)18(16)12-3-4-12;8-6-4-7-2-1-3-9(7)5-6/h7-12,36H,3-6H2,1-2H3,(H2,30,31);6-7H,1-5H2. The van der Waals surface area contributed by atoms with Crippen LogP contribution in [0, 0.1) is 5.82 Å². The van der Waals surface area contributed by atoms with Gasteiger partial charge in [-0.05, 0) is 75.3 Å². The van der Waals surface area contributed by atoms with Crippen molar-refractivity contribution in [2.24, 2.45) is 0 Å². The summed E-state index contributed by atoms with van der Waals surface area (Å²) in [5.74, 6) is 0.242. The molecule has 3 aliphatic heterocycles. The fraction of sp³-hybridized carbons (Fsp3) is 0.455. The number of nitrogens with two attached hydrogens (primary N) is 1. The first-order valence-electron chi connectivity index (χ1n) is 15.8. The van der Waals surface area contributed by atoms with Crippen molar-refractivity contribution < 1.29 is 23.4 Å². The Bertz CT molecular complexity index is 1830. The Morgan fingerprint density at radius 1 is 1.13 bits per heavy atom. The molecule has 3 fully saturated rings. The number of nitrogens with zero attached hydrogens (tertiary/aromatic N) is 6. The first-order chi connectivity index (χ1) is 22.6. The van der Waals surface area contributed by atoms with Gasteiger partial charge in [-0.25, -0.2) is 18.7 Å². The number of aromatic hydroxyl groups is 1. The van der Waals surface area contributed by atoms with Gasteiger partial charge < -0.3 is 25.2 Å². The molecule has 2 saturated heterocycles. The molecule has 3 unspecified atom stereocenters. The highest BCUT2D eigenvalue weighted by molar-refractivity contribution is 6.32. The summed E-state index contributed by atoms with van der Waals surface area (Å²) in [5, 5.41) is 11.4. The number of rotatable bonds is 5. The van der Waals surface area contributed by atoms with Crippen LogP contribution in [0.2, 0.25) is 10.0 Å². The maximum atomic E-state index is 16.4. The minimum Gasteiger partial charge on any atom is -0.508 e. The van der Waals surface area contributed by atoms with Gasteiger partial charge in [-0.3, -0.25) is 4.90 Å². The number of ether oxygens (including phenoxy) is 2. The van der Waals surface area contributed by atoms with Gasteiger partial charge in [-0.2, -0.15) is 9.97 Å². The number of halogens is 4. The number of alkyl halides is 1. The molecule has 47 heavy (non-hydrogen) atoms. The summed E-state index contributed by atoms with van der Waals surface area (Å²) in [6.45, 7) is 4.38. The molecule has 6 heterocycles. The Hall–Kier alpha value is -3.74.